The number of hydrogen-bond donors (Lipinski definition) is 1. The lowest BCUT2D eigenvalue weighted by Crippen LogP contribution is -2.54. The summed E-state index contributed by atoms with van der Waals surface area (Å²) in [5.41, 5.74) is 2.32. The SMILES string of the molecule is Cc1ccncc1C1CC(N2CCOCC2C)CC(=O)N1. The first-order chi connectivity index (χ1) is 10.1. The lowest BCUT2D eigenvalue weighted by atomic mass is 9.90. The molecule has 2 fully saturated rings. The van der Waals surface area contributed by atoms with E-state index in [1.54, 1.807) is 6.20 Å². The number of aromatic nitrogens is 1. The van der Waals surface area contributed by atoms with E-state index in [9.17, 15) is 4.79 Å². The number of hydrogen-bond acceptors (Lipinski definition) is 4. The fourth-order valence-electron chi connectivity index (χ4n) is 3.46. The molecule has 1 amide bonds. The number of piperidine rings is 1. The summed E-state index contributed by atoms with van der Waals surface area (Å²) >= 11 is 0. The molecule has 0 radical (unpaired) electrons. The molecule has 2 aliphatic rings. The summed E-state index contributed by atoms with van der Waals surface area (Å²) in [6.45, 7) is 6.69. The summed E-state index contributed by atoms with van der Waals surface area (Å²) in [6.07, 6.45) is 5.21. The monoisotopic (exact) mass is 289 g/mol. The molecule has 0 aliphatic carbocycles. The maximum atomic E-state index is 12.1. The van der Waals surface area contributed by atoms with Crippen LogP contribution in [-0.4, -0.2) is 47.6 Å². The molecule has 0 bridgehead atoms. The van der Waals surface area contributed by atoms with Gasteiger partial charge in [-0.3, -0.25) is 14.7 Å². The van der Waals surface area contributed by atoms with E-state index in [2.05, 4.69) is 29.0 Å². The summed E-state index contributed by atoms with van der Waals surface area (Å²) in [7, 11) is 0. The molecule has 3 unspecified atom stereocenters. The van der Waals surface area contributed by atoms with Crippen molar-refractivity contribution in [1.29, 1.82) is 0 Å². The minimum absolute atomic E-state index is 0.0694. The zero-order valence-electron chi connectivity index (χ0n) is 12.7. The van der Waals surface area contributed by atoms with Crippen molar-refractivity contribution in [2.45, 2.75) is 44.8 Å². The van der Waals surface area contributed by atoms with Gasteiger partial charge in [-0.2, -0.15) is 0 Å². The molecule has 0 saturated carbocycles. The third-order valence-corrected chi connectivity index (χ3v) is 4.61. The highest BCUT2D eigenvalue weighted by molar-refractivity contribution is 5.78. The van der Waals surface area contributed by atoms with Crippen molar-refractivity contribution >= 4 is 5.91 Å². The van der Waals surface area contributed by atoms with Crippen molar-refractivity contribution < 1.29 is 9.53 Å². The Bertz CT molecular complexity index is 520. The Balaban J connectivity index is 1.78. The summed E-state index contributed by atoms with van der Waals surface area (Å²) in [5.74, 6) is 0.137. The van der Waals surface area contributed by atoms with Gasteiger partial charge in [-0.15, -0.1) is 0 Å². The molecule has 3 atom stereocenters. The molecule has 1 N–H and O–H groups in total. The lowest BCUT2D eigenvalue weighted by molar-refractivity contribution is -0.127. The second-order valence-corrected chi connectivity index (χ2v) is 6.11. The van der Waals surface area contributed by atoms with Crippen LogP contribution in [0.5, 0.6) is 0 Å². The summed E-state index contributed by atoms with van der Waals surface area (Å²) < 4.78 is 5.51. The molecular weight excluding hydrogens is 266 g/mol. The smallest absolute Gasteiger partial charge is 0.222 e. The molecule has 2 aliphatic heterocycles. The molecule has 5 nitrogen and oxygen atoms in total. The number of ether oxygens (including phenoxy) is 1. The number of aryl methyl sites for hydroxylation is 1. The fourth-order valence-corrected chi connectivity index (χ4v) is 3.46. The van der Waals surface area contributed by atoms with Crippen molar-refractivity contribution in [2.24, 2.45) is 0 Å². The van der Waals surface area contributed by atoms with E-state index in [0.717, 1.165) is 31.7 Å². The molecule has 114 valence electrons. The molecule has 21 heavy (non-hydrogen) atoms. The van der Waals surface area contributed by atoms with Crippen LogP contribution < -0.4 is 5.32 Å². The van der Waals surface area contributed by atoms with E-state index >= 15 is 0 Å². The van der Waals surface area contributed by atoms with Crippen LogP contribution >= 0.6 is 0 Å². The van der Waals surface area contributed by atoms with Crippen LogP contribution in [0.2, 0.25) is 0 Å². The van der Waals surface area contributed by atoms with E-state index in [0.29, 0.717) is 18.5 Å². The third kappa shape index (κ3) is 3.09. The van der Waals surface area contributed by atoms with Crippen LogP contribution in [0.4, 0.5) is 0 Å². The maximum absolute atomic E-state index is 12.1. The van der Waals surface area contributed by atoms with Crippen molar-refractivity contribution in [3.05, 3.63) is 29.6 Å². The highest BCUT2D eigenvalue weighted by Gasteiger charge is 2.35. The first-order valence-corrected chi connectivity index (χ1v) is 7.68. The first kappa shape index (κ1) is 14.5. The molecule has 0 spiro atoms. The molecule has 5 heteroatoms. The Morgan fingerprint density at radius 3 is 3.10 bits per heavy atom. The van der Waals surface area contributed by atoms with Gasteiger partial charge in [-0.1, -0.05) is 0 Å². The van der Waals surface area contributed by atoms with Crippen LogP contribution in [-0.2, 0) is 9.53 Å². The topological polar surface area (TPSA) is 54.5 Å². The van der Waals surface area contributed by atoms with E-state index in [-0.39, 0.29) is 11.9 Å². The molecule has 0 aromatic carbocycles. The van der Waals surface area contributed by atoms with E-state index < -0.39 is 0 Å². The predicted octanol–water partition coefficient (Wildman–Crippen LogP) is 1.43. The predicted molar refractivity (Wildman–Crippen MR) is 79.9 cm³/mol. The van der Waals surface area contributed by atoms with Gasteiger partial charge in [0.2, 0.25) is 5.91 Å². The normalized spacial score (nSPS) is 31.0. The number of rotatable bonds is 2. The molecule has 3 rings (SSSR count). The summed E-state index contributed by atoms with van der Waals surface area (Å²) in [6, 6.07) is 2.75. The minimum atomic E-state index is 0.0694. The van der Waals surface area contributed by atoms with Gasteiger partial charge in [0.25, 0.3) is 0 Å². The van der Waals surface area contributed by atoms with Crippen LogP contribution in [0.1, 0.15) is 36.9 Å². The van der Waals surface area contributed by atoms with Gasteiger partial charge in [-0.25, -0.2) is 0 Å². The number of carbonyl (C=O) groups is 1. The Labute approximate surface area is 125 Å². The van der Waals surface area contributed by atoms with Crippen molar-refractivity contribution in [2.75, 3.05) is 19.8 Å². The quantitative estimate of drug-likeness (QED) is 0.895. The van der Waals surface area contributed by atoms with Crippen molar-refractivity contribution in [3.63, 3.8) is 0 Å². The molecule has 1 aromatic rings. The van der Waals surface area contributed by atoms with Gasteiger partial charge in [0, 0.05) is 37.4 Å². The van der Waals surface area contributed by atoms with Gasteiger partial charge in [0.05, 0.1) is 19.3 Å². The largest absolute Gasteiger partial charge is 0.379 e. The molecule has 2 saturated heterocycles. The Kier molecular flexibility index (Phi) is 4.22. The highest BCUT2D eigenvalue weighted by atomic mass is 16.5. The van der Waals surface area contributed by atoms with Gasteiger partial charge in [0.1, 0.15) is 0 Å². The molecule has 1 aromatic heterocycles. The van der Waals surface area contributed by atoms with Gasteiger partial charge >= 0.3 is 0 Å². The Hall–Kier alpha value is -1.46. The van der Waals surface area contributed by atoms with E-state index in [1.165, 1.54) is 5.56 Å². The Morgan fingerprint density at radius 2 is 2.33 bits per heavy atom. The second-order valence-electron chi connectivity index (χ2n) is 6.11. The standard InChI is InChI=1S/C16H23N3O2/c1-11-3-4-17-9-14(11)15-7-13(8-16(20)18-15)19-5-6-21-10-12(19)2/h3-4,9,12-13,15H,5-8,10H2,1-2H3,(H,18,20). The molecular formula is C16H23N3O2. The van der Waals surface area contributed by atoms with Crippen molar-refractivity contribution in [1.82, 2.24) is 15.2 Å². The van der Waals surface area contributed by atoms with E-state index in [4.69, 9.17) is 4.74 Å². The van der Waals surface area contributed by atoms with Crippen LogP contribution in [0, 0.1) is 6.92 Å². The maximum Gasteiger partial charge on any atom is 0.222 e. The zero-order valence-corrected chi connectivity index (χ0v) is 12.7. The average Bonchev–Trinajstić information content (AvgIpc) is 2.47. The highest BCUT2D eigenvalue weighted by Crippen LogP contribution is 2.29. The fraction of sp³-hybridized carbons (Fsp3) is 0.625. The number of nitrogens with zero attached hydrogens (tertiary/aromatic N) is 2. The number of pyridine rings is 1. The van der Waals surface area contributed by atoms with E-state index in [1.807, 2.05) is 12.3 Å². The van der Waals surface area contributed by atoms with Gasteiger partial charge in [0.15, 0.2) is 0 Å². The van der Waals surface area contributed by atoms with Crippen LogP contribution in [0.25, 0.3) is 0 Å². The Morgan fingerprint density at radius 1 is 1.48 bits per heavy atom. The van der Waals surface area contributed by atoms with Gasteiger partial charge < -0.3 is 10.1 Å². The van der Waals surface area contributed by atoms with Gasteiger partial charge in [-0.05, 0) is 37.5 Å². The average molecular weight is 289 g/mol. The molecule has 3 heterocycles. The number of carbonyl (C=O) groups excluding carboxylic acids is 1. The first-order valence-electron chi connectivity index (χ1n) is 7.68. The second kappa shape index (κ2) is 6.12. The summed E-state index contributed by atoms with van der Waals surface area (Å²) in [5, 5.41) is 3.12. The van der Waals surface area contributed by atoms with Crippen LogP contribution in [0.15, 0.2) is 18.5 Å². The number of amides is 1. The number of nitrogens with one attached hydrogen (secondary N) is 1. The lowest BCUT2D eigenvalue weighted by Gasteiger charge is -2.43. The van der Waals surface area contributed by atoms with Crippen molar-refractivity contribution in [3.8, 4) is 0 Å². The number of morpholine rings is 1. The van der Waals surface area contributed by atoms with Crippen LogP contribution in [0.3, 0.4) is 0 Å². The third-order valence-electron chi connectivity index (χ3n) is 4.61. The summed E-state index contributed by atoms with van der Waals surface area (Å²) in [4.78, 5) is 18.8. The zero-order chi connectivity index (χ0) is 14.8. The minimum Gasteiger partial charge on any atom is -0.379 e.